The van der Waals surface area contributed by atoms with Gasteiger partial charge in [0.15, 0.2) is 12.2 Å². The van der Waals surface area contributed by atoms with Gasteiger partial charge in [-0.15, -0.1) is 0 Å². The lowest BCUT2D eigenvalue weighted by Gasteiger charge is -2.39. The first-order chi connectivity index (χ1) is 16.9. The predicted octanol–water partition coefficient (Wildman–Crippen LogP) is 2.93. The minimum atomic E-state index is -0.738. The molecule has 2 aromatic rings. The largest absolute Gasteiger partial charge is 0.459 e. The number of benzene rings is 2. The van der Waals surface area contributed by atoms with Crippen molar-refractivity contribution < 1.29 is 19.1 Å². The Balaban J connectivity index is 1.33. The summed E-state index contributed by atoms with van der Waals surface area (Å²) in [7, 11) is 1.60. The van der Waals surface area contributed by atoms with Gasteiger partial charge < -0.3 is 19.4 Å². The zero-order valence-corrected chi connectivity index (χ0v) is 19.9. The molecule has 0 aliphatic carbocycles. The highest BCUT2D eigenvalue weighted by atomic mass is 16.5. The number of carbonyl (C=O) groups excluding carboxylic acids is 3. The smallest absolute Gasteiger partial charge is 0.328 e. The lowest BCUT2D eigenvalue weighted by molar-refractivity contribution is -0.151. The normalized spacial score (nSPS) is 22.0. The summed E-state index contributed by atoms with van der Waals surface area (Å²) in [5, 5.41) is 0. The van der Waals surface area contributed by atoms with Gasteiger partial charge in [-0.05, 0) is 25.0 Å². The first-order valence-electron chi connectivity index (χ1n) is 11.5. The number of likely N-dealkylation sites (N-methyl/N-ethyl adjacent to an activating group) is 1. The van der Waals surface area contributed by atoms with Crippen LogP contribution >= 0.6 is 0 Å². The molecular weight excluding hydrogens is 446 g/mol. The van der Waals surface area contributed by atoms with Crippen LogP contribution in [0.25, 0.3) is 0 Å². The second-order valence-electron chi connectivity index (χ2n) is 8.89. The molecular formula is C26H27N5O4. The van der Waals surface area contributed by atoms with Crippen LogP contribution in [0.2, 0.25) is 0 Å². The van der Waals surface area contributed by atoms with E-state index < -0.39 is 36.7 Å². The molecule has 9 nitrogen and oxygen atoms in total. The highest BCUT2D eigenvalue weighted by molar-refractivity contribution is 6.06. The van der Waals surface area contributed by atoms with Gasteiger partial charge in [0, 0.05) is 18.9 Å². The molecule has 1 saturated heterocycles. The van der Waals surface area contributed by atoms with E-state index >= 15 is 0 Å². The van der Waals surface area contributed by atoms with Gasteiger partial charge >= 0.3 is 12.0 Å². The number of esters is 1. The molecule has 3 heterocycles. The summed E-state index contributed by atoms with van der Waals surface area (Å²) in [5.74, 6) is -0.490. The van der Waals surface area contributed by atoms with Crippen LogP contribution < -0.4 is 0 Å². The van der Waals surface area contributed by atoms with Gasteiger partial charge in [-0.3, -0.25) is 14.5 Å². The van der Waals surface area contributed by atoms with E-state index in [0.717, 1.165) is 21.7 Å². The van der Waals surface area contributed by atoms with E-state index in [1.54, 1.807) is 7.05 Å². The molecule has 5 rings (SSSR count). The number of hydrogen-bond acceptors (Lipinski definition) is 7. The number of amides is 3. The monoisotopic (exact) mass is 473 g/mol. The van der Waals surface area contributed by atoms with Crippen LogP contribution in [-0.2, 0) is 20.9 Å². The fraction of sp³-hybridized carbons (Fsp3) is 0.308. The Morgan fingerprint density at radius 2 is 1.71 bits per heavy atom. The summed E-state index contributed by atoms with van der Waals surface area (Å²) >= 11 is 0. The number of hydrogen-bond donors (Lipinski definition) is 0. The van der Waals surface area contributed by atoms with Crippen molar-refractivity contribution in [3.8, 4) is 0 Å². The van der Waals surface area contributed by atoms with Gasteiger partial charge in [0.25, 0.3) is 5.91 Å². The topological polar surface area (TPSA) is 85.8 Å². The zero-order valence-electron chi connectivity index (χ0n) is 19.9. The van der Waals surface area contributed by atoms with E-state index in [0.29, 0.717) is 5.96 Å². The Kier molecular flexibility index (Phi) is 5.76. The molecule has 1 fully saturated rings. The molecule has 0 N–H and O–H groups in total. The Morgan fingerprint density at radius 3 is 2.40 bits per heavy atom. The molecule has 0 saturated carbocycles. The molecule has 0 radical (unpaired) electrons. The molecule has 2 aromatic carbocycles. The first-order valence-corrected chi connectivity index (χ1v) is 11.5. The third-order valence-electron chi connectivity index (χ3n) is 6.63. The number of allylic oxidation sites excluding steroid dienone is 1. The van der Waals surface area contributed by atoms with Crippen molar-refractivity contribution in [2.75, 3.05) is 13.6 Å². The standard InChI is InChI=1S/C26H27N5O4/c1-17-14-29-22-23(27-25(29)31(17)18(2)20-12-8-5-9-13-20)28(3)26(34)30(24(22)33)15-21(32)35-16-19-10-6-4-7-11-19/h4-14,18,22-23H,15-16H2,1-3H3. The van der Waals surface area contributed by atoms with Crippen molar-refractivity contribution in [1.29, 1.82) is 0 Å². The number of fused-ring (bicyclic) bond motifs is 3. The summed E-state index contributed by atoms with van der Waals surface area (Å²) in [6.45, 7) is 3.67. The molecule has 3 aliphatic heterocycles. The number of carbonyl (C=O) groups is 3. The van der Waals surface area contributed by atoms with Gasteiger partial charge in [-0.25, -0.2) is 9.79 Å². The van der Waals surface area contributed by atoms with Crippen molar-refractivity contribution in [2.24, 2.45) is 4.99 Å². The van der Waals surface area contributed by atoms with E-state index in [9.17, 15) is 14.4 Å². The maximum absolute atomic E-state index is 13.5. The van der Waals surface area contributed by atoms with Crippen molar-refractivity contribution >= 4 is 23.9 Å². The fourth-order valence-electron chi connectivity index (χ4n) is 4.79. The van der Waals surface area contributed by atoms with Gasteiger partial charge in [0.2, 0.25) is 5.96 Å². The van der Waals surface area contributed by atoms with E-state index in [1.807, 2.05) is 78.7 Å². The van der Waals surface area contributed by atoms with Crippen molar-refractivity contribution in [3.05, 3.63) is 83.7 Å². The fourth-order valence-corrected chi connectivity index (χ4v) is 4.79. The molecule has 3 atom stereocenters. The highest BCUT2D eigenvalue weighted by Gasteiger charge is 2.55. The van der Waals surface area contributed by atoms with E-state index in [-0.39, 0.29) is 12.6 Å². The minimum Gasteiger partial charge on any atom is -0.459 e. The lowest BCUT2D eigenvalue weighted by Crippen LogP contribution is -2.65. The van der Waals surface area contributed by atoms with E-state index in [4.69, 9.17) is 9.73 Å². The SMILES string of the molecule is CC1=CN2C(=NC3C2C(=O)N(CC(=O)OCc2ccccc2)C(=O)N3C)N1C(C)c1ccccc1. The van der Waals surface area contributed by atoms with Gasteiger partial charge in [0.05, 0.1) is 6.04 Å². The average molecular weight is 474 g/mol. The molecule has 180 valence electrons. The van der Waals surface area contributed by atoms with Crippen molar-refractivity contribution in [2.45, 2.75) is 38.7 Å². The van der Waals surface area contributed by atoms with Crippen LogP contribution in [-0.4, -0.2) is 69.3 Å². The van der Waals surface area contributed by atoms with Gasteiger partial charge in [-0.2, -0.15) is 0 Å². The molecule has 3 unspecified atom stereocenters. The molecule has 35 heavy (non-hydrogen) atoms. The number of urea groups is 1. The number of rotatable bonds is 6. The Bertz CT molecular complexity index is 1210. The average Bonchev–Trinajstić information content (AvgIpc) is 3.39. The van der Waals surface area contributed by atoms with Crippen LogP contribution in [0.5, 0.6) is 0 Å². The summed E-state index contributed by atoms with van der Waals surface area (Å²) in [6.07, 6.45) is 1.22. The number of aliphatic imine (C=N–C) groups is 1. The van der Waals surface area contributed by atoms with Crippen LogP contribution in [0.15, 0.2) is 77.6 Å². The van der Waals surface area contributed by atoms with E-state index in [1.165, 1.54) is 4.90 Å². The van der Waals surface area contributed by atoms with Crippen LogP contribution in [0.3, 0.4) is 0 Å². The number of ether oxygens (including phenoxy) is 1. The van der Waals surface area contributed by atoms with Crippen LogP contribution in [0.1, 0.15) is 31.0 Å². The summed E-state index contributed by atoms with van der Waals surface area (Å²) in [4.78, 5) is 50.0. The summed E-state index contributed by atoms with van der Waals surface area (Å²) in [6, 6.07) is 18.0. The Morgan fingerprint density at radius 1 is 1.06 bits per heavy atom. The number of guanidine groups is 1. The zero-order chi connectivity index (χ0) is 24.7. The minimum absolute atomic E-state index is 0.0171. The number of imide groups is 1. The highest BCUT2D eigenvalue weighted by Crippen LogP contribution is 2.38. The molecule has 0 aromatic heterocycles. The van der Waals surface area contributed by atoms with Crippen molar-refractivity contribution in [1.82, 2.24) is 19.6 Å². The maximum Gasteiger partial charge on any atom is 0.328 e. The first kappa shape index (κ1) is 22.6. The molecule has 3 amide bonds. The number of nitrogens with zero attached hydrogens (tertiary/aromatic N) is 5. The Labute approximate surface area is 203 Å². The summed E-state index contributed by atoms with van der Waals surface area (Å²) < 4.78 is 5.31. The quantitative estimate of drug-likeness (QED) is 0.600. The molecule has 0 spiro atoms. The lowest BCUT2D eigenvalue weighted by atomic mass is 10.1. The molecule has 0 bridgehead atoms. The third kappa shape index (κ3) is 3.92. The van der Waals surface area contributed by atoms with Crippen LogP contribution in [0, 0.1) is 0 Å². The Hall–Kier alpha value is -4.14. The summed E-state index contributed by atoms with van der Waals surface area (Å²) in [5.41, 5.74) is 2.88. The van der Waals surface area contributed by atoms with Gasteiger partial charge in [-0.1, -0.05) is 60.7 Å². The molecule has 9 heteroatoms. The second-order valence-corrected chi connectivity index (χ2v) is 8.89. The maximum atomic E-state index is 13.5. The van der Waals surface area contributed by atoms with E-state index in [2.05, 4.69) is 11.8 Å². The predicted molar refractivity (Wildman–Crippen MR) is 128 cm³/mol. The van der Waals surface area contributed by atoms with Crippen LogP contribution in [0.4, 0.5) is 4.79 Å². The van der Waals surface area contributed by atoms with Gasteiger partial charge in [0.1, 0.15) is 13.2 Å². The second kappa shape index (κ2) is 8.90. The van der Waals surface area contributed by atoms with Crippen molar-refractivity contribution in [3.63, 3.8) is 0 Å². The molecule has 3 aliphatic rings. The third-order valence-corrected chi connectivity index (χ3v) is 6.63.